The summed E-state index contributed by atoms with van der Waals surface area (Å²) >= 11 is 0. The van der Waals surface area contributed by atoms with Crippen molar-refractivity contribution in [1.29, 1.82) is 0 Å². The third-order valence-corrected chi connectivity index (χ3v) is 2.12. The van der Waals surface area contributed by atoms with Crippen molar-refractivity contribution in [2.45, 2.75) is 32.0 Å². The molecule has 0 unspecified atom stereocenters. The average Bonchev–Trinajstić information content (AvgIpc) is 2.13. The van der Waals surface area contributed by atoms with E-state index in [2.05, 4.69) is 13.2 Å². The van der Waals surface area contributed by atoms with E-state index in [9.17, 15) is 9.59 Å². The van der Waals surface area contributed by atoms with Gasteiger partial charge >= 0.3 is 11.9 Å². The molecule has 0 radical (unpaired) electrons. The smallest absolute Gasteiger partial charge is 0.333 e. The topological polar surface area (TPSA) is 52.6 Å². The molecule has 0 spiro atoms. The lowest BCUT2D eigenvalue weighted by atomic mass is 9.92. The Bertz CT molecular complexity index is 300. The third kappa shape index (κ3) is 3.23. The van der Waals surface area contributed by atoms with Gasteiger partial charge in [-0.2, -0.15) is 0 Å². The molecular formula is C11H14O4. The Morgan fingerprint density at radius 1 is 1.27 bits per heavy atom. The first-order valence-corrected chi connectivity index (χ1v) is 4.72. The van der Waals surface area contributed by atoms with Crippen molar-refractivity contribution < 1.29 is 19.1 Å². The second-order valence-electron chi connectivity index (χ2n) is 3.54. The van der Waals surface area contributed by atoms with Crippen LogP contribution in [0.15, 0.2) is 24.8 Å². The summed E-state index contributed by atoms with van der Waals surface area (Å²) < 4.78 is 9.97. The van der Waals surface area contributed by atoms with E-state index in [0.29, 0.717) is 18.4 Å². The summed E-state index contributed by atoms with van der Waals surface area (Å²) in [5.74, 6) is -0.835. The van der Waals surface area contributed by atoms with E-state index in [-0.39, 0.29) is 12.2 Å². The molecule has 15 heavy (non-hydrogen) atoms. The van der Waals surface area contributed by atoms with Gasteiger partial charge in [-0.3, -0.25) is 0 Å². The van der Waals surface area contributed by atoms with Crippen LogP contribution in [0, 0.1) is 0 Å². The van der Waals surface area contributed by atoms with Gasteiger partial charge in [-0.15, -0.1) is 0 Å². The normalized spacial score (nSPS) is 23.5. The minimum Gasteiger partial charge on any atom is -0.459 e. The van der Waals surface area contributed by atoms with Crippen molar-refractivity contribution in [3.8, 4) is 0 Å². The summed E-state index contributed by atoms with van der Waals surface area (Å²) in [5.41, 5.74) is 0.376. The molecule has 0 aromatic heterocycles. The van der Waals surface area contributed by atoms with Crippen molar-refractivity contribution in [3.05, 3.63) is 24.8 Å². The highest BCUT2D eigenvalue weighted by Crippen LogP contribution is 2.27. The third-order valence-electron chi connectivity index (χ3n) is 2.12. The van der Waals surface area contributed by atoms with Crippen LogP contribution in [0.25, 0.3) is 0 Å². The first-order chi connectivity index (χ1) is 7.02. The lowest BCUT2D eigenvalue weighted by Gasteiger charge is -2.33. The molecule has 0 aromatic carbocycles. The number of rotatable bonds is 4. The highest BCUT2D eigenvalue weighted by molar-refractivity contribution is 5.87. The molecule has 1 aliphatic rings. The number of carbonyl (C=O) groups is 2. The summed E-state index contributed by atoms with van der Waals surface area (Å²) in [6.45, 7) is 8.36. The predicted molar refractivity (Wildman–Crippen MR) is 54.0 cm³/mol. The second-order valence-corrected chi connectivity index (χ2v) is 3.54. The van der Waals surface area contributed by atoms with Crippen LogP contribution in [0.4, 0.5) is 0 Å². The molecule has 1 fully saturated rings. The van der Waals surface area contributed by atoms with Gasteiger partial charge in [-0.25, -0.2) is 9.59 Å². The highest BCUT2D eigenvalue weighted by atomic mass is 16.6. The first kappa shape index (κ1) is 11.5. The Morgan fingerprint density at radius 3 is 2.27 bits per heavy atom. The zero-order chi connectivity index (χ0) is 11.4. The Balaban J connectivity index is 2.20. The SMILES string of the molecule is C=CC(=O)OC1CC(OC(=O)C(=C)C)C1. The van der Waals surface area contributed by atoms with Gasteiger partial charge in [-0.1, -0.05) is 13.2 Å². The Labute approximate surface area is 88.6 Å². The van der Waals surface area contributed by atoms with Crippen LogP contribution in [0.3, 0.4) is 0 Å². The van der Waals surface area contributed by atoms with Crippen LogP contribution >= 0.6 is 0 Å². The van der Waals surface area contributed by atoms with Gasteiger partial charge in [0.15, 0.2) is 0 Å². The molecular weight excluding hydrogens is 196 g/mol. The summed E-state index contributed by atoms with van der Waals surface area (Å²) in [7, 11) is 0. The first-order valence-electron chi connectivity index (χ1n) is 4.72. The van der Waals surface area contributed by atoms with Crippen molar-refractivity contribution >= 4 is 11.9 Å². The second kappa shape index (κ2) is 4.77. The van der Waals surface area contributed by atoms with Crippen molar-refractivity contribution in [1.82, 2.24) is 0 Å². The molecule has 0 saturated heterocycles. The highest BCUT2D eigenvalue weighted by Gasteiger charge is 2.34. The van der Waals surface area contributed by atoms with Crippen LogP contribution in [-0.2, 0) is 19.1 Å². The van der Waals surface area contributed by atoms with E-state index in [4.69, 9.17) is 9.47 Å². The standard InChI is InChI=1S/C11H14O4/c1-4-10(12)14-8-5-9(6-8)15-11(13)7(2)3/h4,8-9H,1-2,5-6H2,3H3. The number of ether oxygens (including phenoxy) is 2. The number of hydrogen-bond donors (Lipinski definition) is 0. The summed E-state index contributed by atoms with van der Waals surface area (Å²) in [6.07, 6.45) is 1.92. The Hall–Kier alpha value is -1.58. The summed E-state index contributed by atoms with van der Waals surface area (Å²) in [4.78, 5) is 21.9. The van der Waals surface area contributed by atoms with Gasteiger partial charge in [0.1, 0.15) is 12.2 Å². The van der Waals surface area contributed by atoms with Crippen molar-refractivity contribution in [3.63, 3.8) is 0 Å². The molecule has 1 saturated carbocycles. The Kier molecular flexibility index (Phi) is 3.66. The van der Waals surface area contributed by atoms with Gasteiger partial charge in [0.2, 0.25) is 0 Å². The fraction of sp³-hybridized carbons (Fsp3) is 0.455. The van der Waals surface area contributed by atoms with E-state index in [1.165, 1.54) is 0 Å². The fourth-order valence-electron chi connectivity index (χ4n) is 1.17. The van der Waals surface area contributed by atoms with E-state index in [1.807, 2.05) is 0 Å². The maximum absolute atomic E-state index is 11.1. The number of carbonyl (C=O) groups excluding carboxylic acids is 2. The summed E-state index contributed by atoms with van der Waals surface area (Å²) in [5, 5.41) is 0. The molecule has 0 aromatic rings. The van der Waals surface area contributed by atoms with Crippen molar-refractivity contribution in [2.75, 3.05) is 0 Å². The molecule has 82 valence electrons. The van der Waals surface area contributed by atoms with Crippen LogP contribution in [0.2, 0.25) is 0 Å². The van der Waals surface area contributed by atoms with Gasteiger partial charge < -0.3 is 9.47 Å². The van der Waals surface area contributed by atoms with Gasteiger partial charge in [0.05, 0.1) is 0 Å². The van der Waals surface area contributed by atoms with E-state index < -0.39 is 11.9 Å². The minimum absolute atomic E-state index is 0.154. The van der Waals surface area contributed by atoms with E-state index in [0.717, 1.165) is 6.08 Å². The van der Waals surface area contributed by atoms with Crippen LogP contribution in [0.5, 0.6) is 0 Å². The van der Waals surface area contributed by atoms with Crippen molar-refractivity contribution in [2.24, 2.45) is 0 Å². The molecule has 4 heteroatoms. The Morgan fingerprint density at radius 2 is 1.80 bits per heavy atom. The zero-order valence-electron chi connectivity index (χ0n) is 8.69. The molecule has 1 aliphatic carbocycles. The molecule has 4 nitrogen and oxygen atoms in total. The quantitative estimate of drug-likeness (QED) is 0.519. The molecule has 0 bridgehead atoms. The van der Waals surface area contributed by atoms with Crippen LogP contribution in [-0.4, -0.2) is 24.1 Å². The van der Waals surface area contributed by atoms with Gasteiger partial charge in [0.25, 0.3) is 0 Å². The molecule has 0 amide bonds. The van der Waals surface area contributed by atoms with Gasteiger partial charge in [-0.05, 0) is 6.92 Å². The fourth-order valence-corrected chi connectivity index (χ4v) is 1.17. The molecule has 0 N–H and O–H groups in total. The molecule has 0 atom stereocenters. The zero-order valence-corrected chi connectivity index (χ0v) is 8.69. The average molecular weight is 210 g/mol. The maximum atomic E-state index is 11.1. The molecule has 1 rings (SSSR count). The summed E-state index contributed by atoms with van der Waals surface area (Å²) in [6, 6.07) is 0. The largest absolute Gasteiger partial charge is 0.459 e. The van der Waals surface area contributed by atoms with E-state index >= 15 is 0 Å². The van der Waals surface area contributed by atoms with Crippen LogP contribution in [0.1, 0.15) is 19.8 Å². The minimum atomic E-state index is -0.440. The monoisotopic (exact) mass is 210 g/mol. The maximum Gasteiger partial charge on any atom is 0.333 e. The molecule has 0 heterocycles. The van der Waals surface area contributed by atoms with Crippen LogP contribution < -0.4 is 0 Å². The lowest BCUT2D eigenvalue weighted by Crippen LogP contribution is -2.39. The number of esters is 2. The predicted octanol–water partition coefficient (Wildman–Crippen LogP) is 1.37. The van der Waals surface area contributed by atoms with Gasteiger partial charge in [0, 0.05) is 24.5 Å². The number of hydrogen-bond acceptors (Lipinski definition) is 4. The van der Waals surface area contributed by atoms with E-state index in [1.54, 1.807) is 6.92 Å². The lowest BCUT2D eigenvalue weighted by molar-refractivity contribution is -0.164. The molecule has 0 aliphatic heterocycles.